The second-order valence-electron chi connectivity index (χ2n) is 6.26. The van der Waals surface area contributed by atoms with Crippen molar-refractivity contribution in [3.63, 3.8) is 0 Å². The summed E-state index contributed by atoms with van der Waals surface area (Å²) in [7, 11) is 1.40. The Kier molecular flexibility index (Phi) is 6.85. The van der Waals surface area contributed by atoms with Crippen molar-refractivity contribution >= 4 is 51.7 Å². The van der Waals surface area contributed by atoms with E-state index in [0.717, 1.165) is 30.0 Å². The fourth-order valence-corrected chi connectivity index (χ4v) is 4.04. The van der Waals surface area contributed by atoms with Gasteiger partial charge in [-0.1, -0.05) is 36.1 Å². The number of carbonyl (C=O) groups excluding carboxylic acids is 1. The molecule has 2 aromatic carbocycles. The maximum absolute atomic E-state index is 12.5. The maximum atomic E-state index is 12.5. The Morgan fingerprint density at radius 1 is 1.12 bits per heavy atom. The minimum Gasteiger partial charge on any atom is -0.493 e. The predicted octanol–water partition coefficient (Wildman–Crippen LogP) is 4.69. The summed E-state index contributed by atoms with van der Waals surface area (Å²) < 4.78 is 11.3. The number of hydrogen-bond acceptors (Lipinski definition) is 9. The third-order valence-electron chi connectivity index (χ3n) is 4.24. The topological polar surface area (TPSA) is 125 Å². The summed E-state index contributed by atoms with van der Waals surface area (Å²) in [6.45, 7) is 3.90. The van der Waals surface area contributed by atoms with Crippen molar-refractivity contribution in [3.05, 3.63) is 79.8 Å². The highest BCUT2D eigenvalue weighted by Crippen LogP contribution is 2.39. The van der Waals surface area contributed by atoms with Crippen molar-refractivity contribution in [2.24, 2.45) is 0 Å². The molecule has 12 heteroatoms. The number of hydrogen-bond donors (Lipinski definition) is 0. The molecule has 1 heterocycles. The second kappa shape index (κ2) is 9.58. The van der Waals surface area contributed by atoms with Gasteiger partial charge in [0.05, 0.1) is 27.9 Å². The molecule has 0 N–H and O–H groups in total. The number of thiocarbonyl (C=S) groups is 1. The molecular formula is C20H15N3O7S2. The second-order valence-corrected chi connectivity index (χ2v) is 7.94. The molecular weight excluding hydrogens is 458 g/mol. The van der Waals surface area contributed by atoms with Crippen LogP contribution in [0.15, 0.2) is 54.0 Å². The molecule has 0 aliphatic carbocycles. The van der Waals surface area contributed by atoms with Crippen LogP contribution in [0.1, 0.15) is 5.56 Å². The van der Waals surface area contributed by atoms with Gasteiger partial charge in [-0.05, 0) is 29.8 Å². The van der Waals surface area contributed by atoms with Crippen LogP contribution in [0.4, 0.5) is 11.4 Å². The van der Waals surface area contributed by atoms with E-state index in [0.29, 0.717) is 21.3 Å². The number of benzene rings is 2. The number of amides is 1. The van der Waals surface area contributed by atoms with Gasteiger partial charge in [0.1, 0.15) is 4.32 Å². The molecule has 10 nitrogen and oxygen atoms in total. The van der Waals surface area contributed by atoms with Crippen LogP contribution in [0.5, 0.6) is 17.2 Å². The van der Waals surface area contributed by atoms with Gasteiger partial charge < -0.3 is 9.47 Å². The summed E-state index contributed by atoms with van der Waals surface area (Å²) in [4.78, 5) is 35.2. The fraction of sp³-hybridized carbons (Fsp3) is 0.100. The first-order valence-electron chi connectivity index (χ1n) is 8.90. The van der Waals surface area contributed by atoms with Crippen LogP contribution in [-0.4, -0.2) is 38.6 Å². The van der Waals surface area contributed by atoms with Gasteiger partial charge in [0.2, 0.25) is 5.75 Å². The molecule has 1 aliphatic heterocycles. The highest BCUT2D eigenvalue weighted by molar-refractivity contribution is 8.26. The van der Waals surface area contributed by atoms with Crippen molar-refractivity contribution in [1.82, 2.24) is 4.90 Å². The van der Waals surface area contributed by atoms with Gasteiger partial charge >= 0.3 is 5.69 Å². The zero-order chi connectivity index (χ0) is 23.4. The molecule has 0 spiro atoms. The van der Waals surface area contributed by atoms with Gasteiger partial charge in [-0.2, -0.15) is 0 Å². The van der Waals surface area contributed by atoms with Gasteiger partial charge in [-0.3, -0.25) is 29.9 Å². The highest BCUT2D eigenvalue weighted by Gasteiger charge is 2.31. The van der Waals surface area contributed by atoms with Crippen LogP contribution in [0.3, 0.4) is 0 Å². The van der Waals surface area contributed by atoms with Crippen LogP contribution < -0.4 is 9.47 Å². The molecule has 3 rings (SSSR count). The van der Waals surface area contributed by atoms with E-state index in [1.807, 2.05) is 0 Å². The zero-order valence-corrected chi connectivity index (χ0v) is 18.2. The van der Waals surface area contributed by atoms with E-state index >= 15 is 0 Å². The fourth-order valence-electron chi connectivity index (χ4n) is 2.77. The van der Waals surface area contributed by atoms with E-state index in [1.54, 1.807) is 24.3 Å². The summed E-state index contributed by atoms with van der Waals surface area (Å²) in [5.41, 5.74) is -0.451. The number of non-ortho nitro benzene ring substituents is 1. The molecule has 1 fully saturated rings. The number of thioether (sulfide) groups is 1. The summed E-state index contributed by atoms with van der Waals surface area (Å²) in [5, 5.41) is 22.3. The van der Waals surface area contributed by atoms with Gasteiger partial charge in [-0.25, -0.2) is 0 Å². The average Bonchev–Trinajstić information content (AvgIpc) is 3.01. The van der Waals surface area contributed by atoms with Crippen molar-refractivity contribution < 1.29 is 24.1 Å². The molecule has 0 atom stereocenters. The first kappa shape index (κ1) is 22.9. The molecule has 0 aromatic heterocycles. The van der Waals surface area contributed by atoms with Crippen LogP contribution in [0.2, 0.25) is 0 Å². The number of nitro groups is 2. The van der Waals surface area contributed by atoms with Crippen LogP contribution in [0, 0.1) is 20.2 Å². The monoisotopic (exact) mass is 473 g/mol. The van der Waals surface area contributed by atoms with Crippen molar-refractivity contribution in [3.8, 4) is 17.2 Å². The first-order chi connectivity index (χ1) is 15.2. The van der Waals surface area contributed by atoms with E-state index in [2.05, 4.69) is 6.58 Å². The largest absolute Gasteiger partial charge is 0.493 e. The van der Waals surface area contributed by atoms with Gasteiger partial charge in [0, 0.05) is 12.6 Å². The average molecular weight is 473 g/mol. The van der Waals surface area contributed by atoms with E-state index in [9.17, 15) is 25.0 Å². The number of carbonyl (C=O) groups is 1. The number of methoxy groups -OCH3 is 1. The zero-order valence-electron chi connectivity index (χ0n) is 16.5. The smallest absolute Gasteiger partial charge is 0.318 e. The van der Waals surface area contributed by atoms with E-state index in [-0.39, 0.29) is 23.2 Å². The van der Waals surface area contributed by atoms with E-state index < -0.39 is 21.2 Å². The van der Waals surface area contributed by atoms with Gasteiger partial charge in [0.15, 0.2) is 11.5 Å². The Morgan fingerprint density at radius 3 is 2.47 bits per heavy atom. The molecule has 32 heavy (non-hydrogen) atoms. The SMILES string of the molecule is C=CCN1C(=O)/C(=C/c2ccc(OC)c(Oc3ccc([N+](=O)[O-])cc3[N+](=O)[O-])c2)SC1=S. The third kappa shape index (κ3) is 4.76. The predicted molar refractivity (Wildman–Crippen MR) is 123 cm³/mol. The number of ether oxygens (including phenoxy) is 2. The molecule has 1 aliphatic rings. The lowest BCUT2D eigenvalue weighted by molar-refractivity contribution is -0.394. The van der Waals surface area contributed by atoms with Crippen LogP contribution >= 0.6 is 24.0 Å². The van der Waals surface area contributed by atoms with Crippen molar-refractivity contribution in [1.29, 1.82) is 0 Å². The summed E-state index contributed by atoms with van der Waals surface area (Å²) in [5.74, 6) is -0.0636. The number of nitro benzene ring substituents is 2. The minimum absolute atomic E-state index is 0.125. The van der Waals surface area contributed by atoms with Crippen LogP contribution in [0.25, 0.3) is 6.08 Å². The molecule has 2 aromatic rings. The highest BCUT2D eigenvalue weighted by atomic mass is 32.2. The molecule has 0 unspecified atom stereocenters. The molecule has 164 valence electrons. The van der Waals surface area contributed by atoms with E-state index in [1.165, 1.54) is 18.1 Å². The third-order valence-corrected chi connectivity index (χ3v) is 5.62. The Labute approximate surface area is 191 Å². The molecule has 0 radical (unpaired) electrons. The summed E-state index contributed by atoms with van der Waals surface area (Å²) in [6, 6.07) is 7.84. The standard InChI is InChI=1S/C20H15N3O7S2/c1-3-8-21-19(24)18(32-20(21)31)10-12-4-6-16(29-2)17(9-12)30-15-7-5-13(22(25)26)11-14(15)23(27)28/h3-7,9-11H,1,8H2,2H3/b18-10-. The normalized spacial score (nSPS) is 14.5. The summed E-state index contributed by atoms with van der Waals surface area (Å²) in [6.07, 6.45) is 3.18. The first-order valence-corrected chi connectivity index (χ1v) is 10.1. The Morgan fingerprint density at radius 2 is 1.84 bits per heavy atom. The molecule has 0 saturated carbocycles. The number of nitrogens with zero attached hydrogens (tertiary/aromatic N) is 3. The number of rotatable bonds is 8. The Balaban J connectivity index is 1.97. The quantitative estimate of drug-likeness (QED) is 0.176. The molecule has 1 saturated heterocycles. The minimum atomic E-state index is -0.774. The Bertz CT molecular complexity index is 1180. The van der Waals surface area contributed by atoms with Crippen LogP contribution in [-0.2, 0) is 4.79 Å². The van der Waals surface area contributed by atoms with Crippen molar-refractivity contribution in [2.75, 3.05) is 13.7 Å². The molecule has 1 amide bonds. The summed E-state index contributed by atoms with van der Waals surface area (Å²) >= 11 is 6.36. The Hall–Kier alpha value is -3.77. The lowest BCUT2D eigenvalue weighted by atomic mass is 10.1. The lowest BCUT2D eigenvalue weighted by Crippen LogP contribution is -2.27. The van der Waals surface area contributed by atoms with E-state index in [4.69, 9.17) is 21.7 Å². The lowest BCUT2D eigenvalue weighted by Gasteiger charge is -2.12. The van der Waals surface area contributed by atoms with Crippen molar-refractivity contribution in [2.45, 2.75) is 0 Å². The van der Waals surface area contributed by atoms with Gasteiger partial charge in [0.25, 0.3) is 11.6 Å². The maximum Gasteiger partial charge on any atom is 0.318 e. The van der Waals surface area contributed by atoms with Gasteiger partial charge in [-0.15, -0.1) is 6.58 Å². The molecule has 0 bridgehead atoms.